The lowest BCUT2D eigenvalue weighted by atomic mass is 9.53. The smallest absolute Gasteiger partial charge is 0.339 e. The standard InChI is InChI=1S/C27H27N3O3/c31-25(30-27-13-17-9-18(14-27)11-19(10-17)15-27)16-33-26(32)21-12-24(23-7-3-4-8-28-23)29-22-6-2-1-5-20(21)22/h1-8,12,17-19H,9-11,13-16H2,(H,30,31). The summed E-state index contributed by atoms with van der Waals surface area (Å²) in [4.78, 5) is 34.9. The molecule has 2 heterocycles. The second-order valence-corrected chi connectivity index (χ2v) is 10.1. The van der Waals surface area contributed by atoms with Crippen LogP contribution in [0.15, 0.2) is 54.7 Å². The molecule has 0 radical (unpaired) electrons. The number of hydrogen-bond donors (Lipinski definition) is 1. The summed E-state index contributed by atoms with van der Waals surface area (Å²) >= 11 is 0. The van der Waals surface area contributed by atoms with Crippen LogP contribution in [0.25, 0.3) is 22.3 Å². The van der Waals surface area contributed by atoms with Gasteiger partial charge >= 0.3 is 5.97 Å². The van der Waals surface area contributed by atoms with Gasteiger partial charge in [0.15, 0.2) is 6.61 Å². The molecular formula is C27H27N3O3. The Bertz CT molecular complexity index is 1190. The van der Waals surface area contributed by atoms with E-state index in [1.165, 1.54) is 19.3 Å². The van der Waals surface area contributed by atoms with Crippen molar-refractivity contribution in [2.75, 3.05) is 6.61 Å². The Kier molecular flexibility index (Phi) is 4.89. The van der Waals surface area contributed by atoms with Crippen molar-refractivity contribution in [1.29, 1.82) is 0 Å². The van der Waals surface area contributed by atoms with E-state index in [4.69, 9.17) is 4.74 Å². The van der Waals surface area contributed by atoms with E-state index in [0.717, 1.165) is 37.0 Å². The summed E-state index contributed by atoms with van der Waals surface area (Å²) in [5.41, 5.74) is 2.26. The lowest BCUT2D eigenvalue weighted by Gasteiger charge is -2.56. The Balaban J connectivity index is 1.19. The fourth-order valence-corrected chi connectivity index (χ4v) is 6.79. The van der Waals surface area contributed by atoms with Crippen LogP contribution in [0, 0.1) is 17.8 Å². The Hall–Kier alpha value is -3.28. The van der Waals surface area contributed by atoms with Crippen LogP contribution in [0.2, 0.25) is 0 Å². The van der Waals surface area contributed by atoms with Crippen molar-refractivity contribution in [1.82, 2.24) is 15.3 Å². The molecule has 1 amide bonds. The van der Waals surface area contributed by atoms with Gasteiger partial charge in [0.2, 0.25) is 0 Å². The minimum absolute atomic E-state index is 0.0895. The van der Waals surface area contributed by atoms with Crippen molar-refractivity contribution in [3.63, 3.8) is 0 Å². The number of rotatable bonds is 5. The van der Waals surface area contributed by atoms with Crippen molar-refractivity contribution >= 4 is 22.8 Å². The first-order chi connectivity index (χ1) is 16.1. The molecule has 4 bridgehead atoms. The van der Waals surface area contributed by atoms with Crippen LogP contribution < -0.4 is 5.32 Å². The molecule has 4 saturated carbocycles. The van der Waals surface area contributed by atoms with Crippen molar-refractivity contribution in [2.24, 2.45) is 17.8 Å². The monoisotopic (exact) mass is 441 g/mol. The molecule has 0 spiro atoms. The highest BCUT2D eigenvalue weighted by atomic mass is 16.5. The molecule has 0 saturated heterocycles. The third kappa shape index (κ3) is 3.88. The topological polar surface area (TPSA) is 81.2 Å². The number of nitrogens with one attached hydrogen (secondary N) is 1. The van der Waals surface area contributed by atoms with E-state index in [-0.39, 0.29) is 18.1 Å². The van der Waals surface area contributed by atoms with Crippen LogP contribution >= 0.6 is 0 Å². The van der Waals surface area contributed by atoms with E-state index in [0.29, 0.717) is 27.9 Å². The van der Waals surface area contributed by atoms with E-state index >= 15 is 0 Å². The Morgan fingerprint density at radius 1 is 0.939 bits per heavy atom. The number of fused-ring (bicyclic) bond motifs is 1. The second kappa shape index (κ2) is 7.94. The number of carbonyl (C=O) groups is 2. The van der Waals surface area contributed by atoms with E-state index in [9.17, 15) is 9.59 Å². The number of benzene rings is 1. The largest absolute Gasteiger partial charge is 0.452 e. The Labute approximate surface area is 192 Å². The van der Waals surface area contributed by atoms with Crippen molar-refractivity contribution in [3.8, 4) is 11.4 Å². The molecule has 1 aromatic carbocycles. The van der Waals surface area contributed by atoms with Crippen LogP contribution in [-0.2, 0) is 9.53 Å². The Morgan fingerprint density at radius 3 is 2.33 bits per heavy atom. The molecule has 6 nitrogen and oxygen atoms in total. The maximum absolute atomic E-state index is 13.1. The number of nitrogens with zero attached hydrogens (tertiary/aromatic N) is 2. The van der Waals surface area contributed by atoms with Gasteiger partial charge < -0.3 is 10.1 Å². The SMILES string of the molecule is O=C(COC(=O)c1cc(-c2ccccn2)nc2ccccc12)NC12CC3CC(CC(C3)C1)C2. The van der Waals surface area contributed by atoms with Gasteiger partial charge in [-0.25, -0.2) is 9.78 Å². The summed E-state index contributed by atoms with van der Waals surface area (Å²) in [5, 5.41) is 3.97. The van der Waals surface area contributed by atoms with Gasteiger partial charge in [-0.05, 0) is 80.5 Å². The maximum atomic E-state index is 13.1. The van der Waals surface area contributed by atoms with Crippen molar-refractivity contribution < 1.29 is 14.3 Å². The Morgan fingerprint density at radius 2 is 1.64 bits per heavy atom. The fourth-order valence-electron chi connectivity index (χ4n) is 6.79. The van der Waals surface area contributed by atoms with Crippen LogP contribution in [0.5, 0.6) is 0 Å². The molecule has 4 fully saturated rings. The first-order valence-electron chi connectivity index (χ1n) is 11.9. The number of para-hydroxylation sites is 1. The van der Waals surface area contributed by atoms with Gasteiger partial charge in [0.05, 0.1) is 22.5 Å². The molecule has 0 unspecified atom stereocenters. The number of esters is 1. The normalized spacial score (nSPS) is 27.5. The van der Waals surface area contributed by atoms with Crippen LogP contribution in [0.1, 0.15) is 48.9 Å². The zero-order chi connectivity index (χ0) is 22.4. The molecule has 6 heteroatoms. The third-order valence-electron chi connectivity index (χ3n) is 7.64. The lowest BCUT2D eigenvalue weighted by Crippen LogP contribution is -2.60. The number of aromatic nitrogens is 2. The fraction of sp³-hybridized carbons (Fsp3) is 0.407. The van der Waals surface area contributed by atoms with Gasteiger partial charge in [0.25, 0.3) is 5.91 Å². The number of carbonyl (C=O) groups excluding carboxylic acids is 2. The molecule has 1 N–H and O–H groups in total. The highest BCUT2D eigenvalue weighted by Gasteiger charge is 2.51. The minimum Gasteiger partial charge on any atom is -0.452 e. The molecule has 2 aromatic heterocycles. The molecule has 168 valence electrons. The molecule has 0 aliphatic heterocycles. The highest BCUT2D eigenvalue weighted by molar-refractivity contribution is 6.05. The average molecular weight is 442 g/mol. The van der Waals surface area contributed by atoms with E-state index in [2.05, 4.69) is 15.3 Å². The average Bonchev–Trinajstić information content (AvgIpc) is 2.81. The summed E-state index contributed by atoms with van der Waals surface area (Å²) in [7, 11) is 0. The molecule has 3 aromatic rings. The predicted molar refractivity (Wildman–Crippen MR) is 124 cm³/mol. The zero-order valence-corrected chi connectivity index (χ0v) is 18.5. The highest BCUT2D eigenvalue weighted by Crippen LogP contribution is 2.55. The van der Waals surface area contributed by atoms with Crippen LogP contribution in [0.3, 0.4) is 0 Å². The first-order valence-corrected chi connectivity index (χ1v) is 11.9. The summed E-state index contributed by atoms with van der Waals surface area (Å²) < 4.78 is 5.50. The van der Waals surface area contributed by atoms with Gasteiger partial charge in [-0.1, -0.05) is 24.3 Å². The maximum Gasteiger partial charge on any atom is 0.339 e. The summed E-state index contributed by atoms with van der Waals surface area (Å²) in [6, 6.07) is 14.7. The molecule has 4 aliphatic rings. The van der Waals surface area contributed by atoms with E-state index in [1.54, 1.807) is 12.3 Å². The van der Waals surface area contributed by atoms with E-state index in [1.807, 2.05) is 42.5 Å². The molecule has 33 heavy (non-hydrogen) atoms. The zero-order valence-electron chi connectivity index (χ0n) is 18.5. The van der Waals surface area contributed by atoms with Crippen molar-refractivity contribution in [2.45, 2.75) is 44.1 Å². The third-order valence-corrected chi connectivity index (χ3v) is 7.64. The number of ether oxygens (including phenoxy) is 1. The predicted octanol–water partition coefficient (Wildman–Crippen LogP) is 4.54. The van der Waals surface area contributed by atoms with Gasteiger partial charge in [-0.3, -0.25) is 9.78 Å². The van der Waals surface area contributed by atoms with Gasteiger partial charge in [-0.15, -0.1) is 0 Å². The van der Waals surface area contributed by atoms with Gasteiger partial charge in [0, 0.05) is 17.1 Å². The molecule has 4 aliphatic carbocycles. The van der Waals surface area contributed by atoms with Crippen molar-refractivity contribution in [3.05, 3.63) is 60.3 Å². The number of amides is 1. The molecular weight excluding hydrogens is 414 g/mol. The first kappa shape index (κ1) is 20.3. The molecule has 7 rings (SSSR count). The second-order valence-electron chi connectivity index (χ2n) is 10.1. The van der Waals surface area contributed by atoms with E-state index < -0.39 is 5.97 Å². The quantitative estimate of drug-likeness (QED) is 0.588. The van der Waals surface area contributed by atoms with Crippen LogP contribution in [0.4, 0.5) is 0 Å². The number of pyridine rings is 2. The number of hydrogen-bond acceptors (Lipinski definition) is 5. The summed E-state index contributed by atoms with van der Waals surface area (Å²) in [5.74, 6) is 1.51. The lowest BCUT2D eigenvalue weighted by molar-refractivity contribution is -0.130. The summed E-state index contributed by atoms with van der Waals surface area (Å²) in [6.07, 6.45) is 8.86. The molecule has 0 atom stereocenters. The van der Waals surface area contributed by atoms with Crippen LogP contribution in [-0.4, -0.2) is 34.0 Å². The summed E-state index contributed by atoms with van der Waals surface area (Å²) in [6.45, 7) is -0.268. The minimum atomic E-state index is -0.522. The van der Waals surface area contributed by atoms with Gasteiger partial charge in [0.1, 0.15) is 0 Å². The van der Waals surface area contributed by atoms with Gasteiger partial charge in [-0.2, -0.15) is 0 Å².